The standard InChI is InChI=1S/C7H15NO2/c8-3-1-4-10-7-2-5-9-6-7/h7H,1-6,8H2. The van der Waals surface area contributed by atoms with Crippen LogP contribution in [-0.2, 0) is 9.47 Å². The predicted molar refractivity (Wildman–Crippen MR) is 38.8 cm³/mol. The van der Waals surface area contributed by atoms with Crippen molar-refractivity contribution in [2.24, 2.45) is 5.73 Å². The number of hydrogen-bond donors (Lipinski definition) is 1. The van der Waals surface area contributed by atoms with Crippen LogP contribution in [0.15, 0.2) is 0 Å². The van der Waals surface area contributed by atoms with E-state index < -0.39 is 0 Å². The summed E-state index contributed by atoms with van der Waals surface area (Å²) in [7, 11) is 0. The molecule has 0 bridgehead atoms. The Morgan fingerprint density at radius 3 is 3.10 bits per heavy atom. The van der Waals surface area contributed by atoms with Crippen molar-refractivity contribution in [2.75, 3.05) is 26.4 Å². The molecule has 10 heavy (non-hydrogen) atoms. The van der Waals surface area contributed by atoms with Crippen molar-refractivity contribution in [2.45, 2.75) is 18.9 Å². The number of rotatable bonds is 4. The van der Waals surface area contributed by atoms with Gasteiger partial charge >= 0.3 is 0 Å². The Hall–Kier alpha value is -0.120. The SMILES string of the molecule is NCCCOC1CCOC1. The van der Waals surface area contributed by atoms with Crippen molar-refractivity contribution in [3.05, 3.63) is 0 Å². The van der Waals surface area contributed by atoms with Gasteiger partial charge in [-0.15, -0.1) is 0 Å². The number of hydrogen-bond acceptors (Lipinski definition) is 3. The summed E-state index contributed by atoms with van der Waals surface area (Å²) in [5.41, 5.74) is 5.30. The van der Waals surface area contributed by atoms with E-state index in [4.69, 9.17) is 15.2 Å². The van der Waals surface area contributed by atoms with E-state index >= 15 is 0 Å². The molecule has 3 heteroatoms. The van der Waals surface area contributed by atoms with Gasteiger partial charge in [-0.3, -0.25) is 0 Å². The topological polar surface area (TPSA) is 44.5 Å². The lowest BCUT2D eigenvalue weighted by Gasteiger charge is -2.07. The van der Waals surface area contributed by atoms with E-state index in [1.165, 1.54) is 0 Å². The molecule has 0 aromatic carbocycles. The molecule has 0 amide bonds. The van der Waals surface area contributed by atoms with Crippen LogP contribution in [-0.4, -0.2) is 32.5 Å². The molecular weight excluding hydrogens is 130 g/mol. The smallest absolute Gasteiger partial charge is 0.0830 e. The zero-order chi connectivity index (χ0) is 7.23. The first kappa shape index (κ1) is 7.98. The third-order valence-corrected chi connectivity index (χ3v) is 1.59. The Morgan fingerprint density at radius 2 is 2.50 bits per heavy atom. The molecule has 0 aliphatic carbocycles. The molecule has 1 rings (SSSR count). The van der Waals surface area contributed by atoms with Crippen molar-refractivity contribution in [1.29, 1.82) is 0 Å². The Kier molecular flexibility index (Phi) is 3.72. The largest absolute Gasteiger partial charge is 0.379 e. The van der Waals surface area contributed by atoms with Gasteiger partial charge in [-0.2, -0.15) is 0 Å². The highest BCUT2D eigenvalue weighted by Crippen LogP contribution is 2.07. The van der Waals surface area contributed by atoms with Gasteiger partial charge < -0.3 is 15.2 Å². The molecule has 1 saturated heterocycles. The van der Waals surface area contributed by atoms with Gasteiger partial charge in [0.25, 0.3) is 0 Å². The Labute approximate surface area is 61.5 Å². The molecule has 1 atom stereocenters. The fourth-order valence-corrected chi connectivity index (χ4v) is 0.978. The van der Waals surface area contributed by atoms with Gasteiger partial charge in [0.05, 0.1) is 12.7 Å². The predicted octanol–water partition coefficient (Wildman–Crippen LogP) is 0.141. The summed E-state index contributed by atoms with van der Waals surface area (Å²) in [6.07, 6.45) is 2.34. The lowest BCUT2D eigenvalue weighted by Crippen LogP contribution is -2.14. The molecule has 3 nitrogen and oxygen atoms in total. The minimum absolute atomic E-state index is 0.339. The second kappa shape index (κ2) is 4.66. The van der Waals surface area contributed by atoms with E-state index in [1.54, 1.807) is 0 Å². The van der Waals surface area contributed by atoms with Gasteiger partial charge in [-0.05, 0) is 19.4 Å². The highest BCUT2D eigenvalue weighted by Gasteiger charge is 2.14. The molecule has 1 fully saturated rings. The van der Waals surface area contributed by atoms with Crippen LogP contribution in [0.2, 0.25) is 0 Å². The van der Waals surface area contributed by atoms with E-state index in [0.717, 1.165) is 32.7 Å². The first-order chi connectivity index (χ1) is 4.93. The first-order valence-electron chi connectivity index (χ1n) is 3.83. The molecule has 0 radical (unpaired) electrons. The van der Waals surface area contributed by atoms with E-state index in [1.807, 2.05) is 0 Å². The van der Waals surface area contributed by atoms with Crippen LogP contribution < -0.4 is 5.73 Å². The fraction of sp³-hybridized carbons (Fsp3) is 1.00. The average Bonchev–Trinajstić information content (AvgIpc) is 2.41. The number of ether oxygens (including phenoxy) is 2. The van der Waals surface area contributed by atoms with Crippen LogP contribution in [0, 0.1) is 0 Å². The minimum atomic E-state index is 0.339. The van der Waals surface area contributed by atoms with Crippen molar-refractivity contribution in [1.82, 2.24) is 0 Å². The van der Waals surface area contributed by atoms with Gasteiger partial charge in [0.1, 0.15) is 0 Å². The molecule has 1 unspecified atom stereocenters. The van der Waals surface area contributed by atoms with Crippen LogP contribution in [0.25, 0.3) is 0 Å². The monoisotopic (exact) mass is 145 g/mol. The van der Waals surface area contributed by atoms with Crippen LogP contribution in [0.1, 0.15) is 12.8 Å². The summed E-state index contributed by atoms with van der Waals surface area (Å²) in [6.45, 7) is 3.12. The van der Waals surface area contributed by atoms with Crippen molar-refractivity contribution in [3.63, 3.8) is 0 Å². The Balaban J connectivity index is 1.91. The number of nitrogens with two attached hydrogens (primary N) is 1. The zero-order valence-electron chi connectivity index (χ0n) is 6.21. The maximum Gasteiger partial charge on any atom is 0.0830 e. The van der Waals surface area contributed by atoms with Gasteiger partial charge in [0.2, 0.25) is 0 Å². The average molecular weight is 145 g/mol. The zero-order valence-corrected chi connectivity index (χ0v) is 6.21. The molecule has 60 valence electrons. The molecule has 0 aromatic rings. The maximum atomic E-state index is 5.44. The van der Waals surface area contributed by atoms with E-state index in [2.05, 4.69) is 0 Å². The van der Waals surface area contributed by atoms with E-state index in [-0.39, 0.29) is 0 Å². The van der Waals surface area contributed by atoms with Gasteiger partial charge in [0, 0.05) is 13.2 Å². The molecule has 1 aliphatic rings. The van der Waals surface area contributed by atoms with Crippen LogP contribution in [0.3, 0.4) is 0 Å². The lowest BCUT2D eigenvalue weighted by molar-refractivity contribution is 0.0424. The summed E-state index contributed by atoms with van der Waals surface area (Å²) in [5, 5.41) is 0. The van der Waals surface area contributed by atoms with Crippen LogP contribution in [0.5, 0.6) is 0 Å². The first-order valence-corrected chi connectivity index (χ1v) is 3.83. The van der Waals surface area contributed by atoms with Crippen LogP contribution >= 0.6 is 0 Å². The van der Waals surface area contributed by atoms with Crippen molar-refractivity contribution >= 4 is 0 Å². The maximum absolute atomic E-state index is 5.44. The normalized spacial score (nSPS) is 25.5. The lowest BCUT2D eigenvalue weighted by atomic mass is 10.3. The summed E-state index contributed by atoms with van der Waals surface area (Å²) < 4.78 is 10.6. The van der Waals surface area contributed by atoms with Gasteiger partial charge in [-0.1, -0.05) is 0 Å². The molecule has 2 N–H and O–H groups in total. The van der Waals surface area contributed by atoms with Crippen molar-refractivity contribution in [3.8, 4) is 0 Å². The Morgan fingerprint density at radius 1 is 1.60 bits per heavy atom. The van der Waals surface area contributed by atoms with Gasteiger partial charge in [0.15, 0.2) is 0 Å². The fourth-order valence-electron chi connectivity index (χ4n) is 0.978. The highest BCUT2D eigenvalue weighted by molar-refractivity contribution is 4.62. The summed E-state index contributed by atoms with van der Waals surface area (Å²) >= 11 is 0. The van der Waals surface area contributed by atoms with E-state index in [9.17, 15) is 0 Å². The third kappa shape index (κ3) is 2.64. The summed E-state index contributed by atoms with van der Waals surface area (Å²) in [6, 6.07) is 0. The third-order valence-electron chi connectivity index (χ3n) is 1.59. The summed E-state index contributed by atoms with van der Waals surface area (Å²) in [5.74, 6) is 0. The second-order valence-electron chi connectivity index (χ2n) is 2.50. The van der Waals surface area contributed by atoms with Crippen molar-refractivity contribution < 1.29 is 9.47 Å². The summed E-state index contributed by atoms with van der Waals surface area (Å²) in [4.78, 5) is 0. The Bertz CT molecular complexity index is 81.7. The van der Waals surface area contributed by atoms with E-state index in [0.29, 0.717) is 12.6 Å². The van der Waals surface area contributed by atoms with Gasteiger partial charge in [-0.25, -0.2) is 0 Å². The second-order valence-corrected chi connectivity index (χ2v) is 2.50. The molecule has 0 saturated carbocycles. The highest BCUT2D eigenvalue weighted by atomic mass is 16.5. The molecule has 1 heterocycles. The van der Waals surface area contributed by atoms with Crippen LogP contribution in [0.4, 0.5) is 0 Å². The minimum Gasteiger partial charge on any atom is -0.379 e. The molecule has 0 aromatic heterocycles. The quantitative estimate of drug-likeness (QED) is 0.572. The molecule has 0 spiro atoms. The molecular formula is C7H15NO2. The molecule has 1 aliphatic heterocycles.